The van der Waals surface area contributed by atoms with Crippen LogP contribution < -0.4 is 4.74 Å². The molecule has 3 nitrogen and oxygen atoms in total. The van der Waals surface area contributed by atoms with Crippen molar-refractivity contribution in [1.82, 2.24) is 4.57 Å². The van der Waals surface area contributed by atoms with Crippen molar-refractivity contribution in [3.05, 3.63) is 78.4 Å². The molecule has 0 N–H and O–H groups in total. The van der Waals surface area contributed by atoms with Crippen molar-refractivity contribution in [1.29, 1.82) is 0 Å². The first-order chi connectivity index (χ1) is 14.7. The predicted molar refractivity (Wildman–Crippen MR) is 123 cm³/mol. The summed E-state index contributed by atoms with van der Waals surface area (Å²) in [5, 5.41) is 4.66. The number of furan rings is 1. The number of para-hydroxylation sites is 1. The number of benzene rings is 3. The van der Waals surface area contributed by atoms with Gasteiger partial charge >= 0.3 is 0 Å². The Bertz CT molecular complexity index is 1560. The Morgan fingerprint density at radius 3 is 2.53 bits per heavy atom. The van der Waals surface area contributed by atoms with Gasteiger partial charge in [0.15, 0.2) is 0 Å². The Morgan fingerprint density at radius 2 is 1.63 bits per heavy atom. The minimum atomic E-state index is 0.0722. The van der Waals surface area contributed by atoms with Crippen LogP contribution >= 0.6 is 0 Å². The van der Waals surface area contributed by atoms with Gasteiger partial charge < -0.3 is 13.7 Å². The van der Waals surface area contributed by atoms with Crippen LogP contribution in [0.3, 0.4) is 0 Å². The maximum atomic E-state index is 6.56. The molecule has 2 atom stereocenters. The standard InChI is InChI=1S/C27H21NO2/c1-15(2)28-20-13-11-18-16-7-3-5-9-22(16)29-26(18)24(20)25-21(28)14-12-19-17-8-4-6-10-23(17)30-27(19)25/h3-16,22H,1-2H3. The van der Waals surface area contributed by atoms with E-state index in [1.54, 1.807) is 0 Å². The molecule has 0 bridgehead atoms. The van der Waals surface area contributed by atoms with Crippen molar-refractivity contribution >= 4 is 43.7 Å². The summed E-state index contributed by atoms with van der Waals surface area (Å²) in [4.78, 5) is 0. The lowest BCUT2D eigenvalue weighted by Crippen LogP contribution is -2.15. The van der Waals surface area contributed by atoms with E-state index in [2.05, 4.69) is 79.1 Å². The molecule has 0 fully saturated rings. The van der Waals surface area contributed by atoms with Gasteiger partial charge in [-0.05, 0) is 44.2 Å². The predicted octanol–water partition coefficient (Wildman–Crippen LogP) is 7.25. The second kappa shape index (κ2) is 5.57. The van der Waals surface area contributed by atoms with Crippen LogP contribution in [0.25, 0.3) is 43.7 Å². The first-order valence-electron chi connectivity index (χ1n) is 10.6. The van der Waals surface area contributed by atoms with Gasteiger partial charge in [-0.15, -0.1) is 0 Å². The molecular formula is C27H21NO2. The highest BCUT2D eigenvalue weighted by molar-refractivity contribution is 6.25. The highest BCUT2D eigenvalue weighted by Crippen LogP contribution is 2.50. The lowest BCUT2D eigenvalue weighted by atomic mass is 9.91. The third-order valence-electron chi connectivity index (χ3n) is 6.67. The third kappa shape index (κ3) is 1.90. The van der Waals surface area contributed by atoms with Crippen molar-refractivity contribution in [2.75, 3.05) is 0 Å². The van der Waals surface area contributed by atoms with Gasteiger partial charge in [0.2, 0.25) is 0 Å². The number of rotatable bonds is 1. The smallest absolute Gasteiger partial charge is 0.145 e. The van der Waals surface area contributed by atoms with Crippen LogP contribution in [-0.4, -0.2) is 10.7 Å². The van der Waals surface area contributed by atoms with Crippen LogP contribution in [0, 0.1) is 0 Å². The van der Waals surface area contributed by atoms with Gasteiger partial charge in [0.1, 0.15) is 23.0 Å². The summed E-state index contributed by atoms with van der Waals surface area (Å²) in [5.74, 6) is 1.29. The van der Waals surface area contributed by atoms with Crippen molar-refractivity contribution < 1.29 is 9.15 Å². The van der Waals surface area contributed by atoms with E-state index in [1.807, 2.05) is 12.1 Å². The molecule has 1 aliphatic heterocycles. The number of ether oxygens (including phenoxy) is 1. The monoisotopic (exact) mass is 391 g/mol. The fraction of sp³-hybridized carbons (Fsp3) is 0.185. The summed E-state index contributed by atoms with van der Waals surface area (Å²) in [6.07, 6.45) is 8.69. The Hall–Kier alpha value is -3.46. The second-order valence-corrected chi connectivity index (χ2v) is 8.65. The second-order valence-electron chi connectivity index (χ2n) is 8.65. The van der Waals surface area contributed by atoms with Gasteiger partial charge in [0.25, 0.3) is 0 Å². The molecule has 3 aromatic carbocycles. The Labute approximate surface area is 173 Å². The van der Waals surface area contributed by atoms with Crippen molar-refractivity contribution in [3.8, 4) is 5.75 Å². The van der Waals surface area contributed by atoms with Gasteiger partial charge in [0.05, 0.1) is 21.8 Å². The average Bonchev–Trinajstić information content (AvgIpc) is 3.41. The van der Waals surface area contributed by atoms with Crippen LogP contribution in [0.2, 0.25) is 0 Å². The molecule has 7 rings (SSSR count). The molecule has 2 unspecified atom stereocenters. The largest absolute Gasteiger partial charge is 0.484 e. The molecule has 2 aliphatic rings. The van der Waals surface area contributed by atoms with Gasteiger partial charge in [-0.2, -0.15) is 0 Å². The summed E-state index contributed by atoms with van der Waals surface area (Å²) in [6, 6.07) is 17.6. The summed E-state index contributed by atoms with van der Waals surface area (Å²) >= 11 is 0. The van der Waals surface area contributed by atoms with E-state index in [9.17, 15) is 0 Å². The van der Waals surface area contributed by atoms with Crippen molar-refractivity contribution in [3.63, 3.8) is 0 Å². The highest BCUT2D eigenvalue weighted by atomic mass is 16.5. The summed E-state index contributed by atoms with van der Waals surface area (Å²) in [6.45, 7) is 4.47. The summed E-state index contributed by atoms with van der Waals surface area (Å²) < 4.78 is 15.4. The minimum absolute atomic E-state index is 0.0722. The van der Waals surface area contributed by atoms with Gasteiger partial charge in [-0.1, -0.05) is 42.5 Å². The van der Waals surface area contributed by atoms with Crippen LogP contribution in [0.1, 0.15) is 31.4 Å². The van der Waals surface area contributed by atoms with E-state index in [4.69, 9.17) is 9.15 Å². The maximum absolute atomic E-state index is 6.56. The number of allylic oxidation sites excluding steroid dienone is 2. The fourth-order valence-corrected chi connectivity index (χ4v) is 5.44. The van der Waals surface area contributed by atoms with Gasteiger partial charge in [0, 0.05) is 28.3 Å². The number of aromatic nitrogens is 1. The number of hydrogen-bond acceptors (Lipinski definition) is 2. The van der Waals surface area contributed by atoms with E-state index in [0.717, 1.165) is 33.1 Å². The zero-order valence-corrected chi connectivity index (χ0v) is 16.9. The first kappa shape index (κ1) is 16.3. The number of nitrogens with zero attached hydrogens (tertiary/aromatic N) is 1. The number of fused-ring (bicyclic) bond motifs is 11. The van der Waals surface area contributed by atoms with E-state index in [1.165, 1.54) is 22.0 Å². The molecule has 3 heterocycles. The molecule has 0 saturated heterocycles. The molecule has 5 aromatic rings. The molecule has 3 heteroatoms. The van der Waals surface area contributed by atoms with Gasteiger partial charge in [-0.25, -0.2) is 0 Å². The van der Waals surface area contributed by atoms with Crippen LogP contribution in [0.4, 0.5) is 0 Å². The molecule has 0 saturated carbocycles. The third-order valence-corrected chi connectivity index (χ3v) is 6.67. The molecule has 30 heavy (non-hydrogen) atoms. The van der Waals surface area contributed by atoms with Crippen LogP contribution in [0.5, 0.6) is 5.75 Å². The molecule has 0 radical (unpaired) electrons. The minimum Gasteiger partial charge on any atom is -0.484 e. The normalized spacial score (nSPS) is 20.0. The Morgan fingerprint density at radius 1 is 0.833 bits per heavy atom. The summed E-state index contributed by atoms with van der Waals surface area (Å²) in [5.41, 5.74) is 5.56. The van der Waals surface area contributed by atoms with E-state index in [-0.39, 0.29) is 12.0 Å². The zero-order chi connectivity index (χ0) is 20.0. The fourth-order valence-electron chi connectivity index (χ4n) is 5.44. The van der Waals surface area contributed by atoms with Crippen molar-refractivity contribution in [2.24, 2.45) is 0 Å². The summed E-state index contributed by atoms with van der Waals surface area (Å²) in [7, 11) is 0. The first-order valence-corrected chi connectivity index (χ1v) is 10.6. The molecule has 1 aliphatic carbocycles. The lowest BCUT2D eigenvalue weighted by Gasteiger charge is -2.13. The molecule has 0 amide bonds. The molecular weight excluding hydrogens is 370 g/mol. The van der Waals surface area contributed by atoms with Crippen LogP contribution in [-0.2, 0) is 0 Å². The lowest BCUT2D eigenvalue weighted by molar-refractivity contribution is 0.271. The van der Waals surface area contributed by atoms with Crippen molar-refractivity contribution in [2.45, 2.75) is 31.9 Å². The zero-order valence-electron chi connectivity index (χ0n) is 16.9. The maximum Gasteiger partial charge on any atom is 0.145 e. The van der Waals surface area contributed by atoms with Gasteiger partial charge in [-0.3, -0.25) is 0 Å². The Kier molecular flexibility index (Phi) is 3.04. The Balaban J connectivity index is 1.70. The molecule has 0 spiro atoms. The number of hydrogen-bond donors (Lipinski definition) is 0. The van der Waals surface area contributed by atoms with E-state index < -0.39 is 0 Å². The van der Waals surface area contributed by atoms with Crippen LogP contribution in [0.15, 0.2) is 77.3 Å². The quantitative estimate of drug-likeness (QED) is 0.301. The van der Waals surface area contributed by atoms with E-state index >= 15 is 0 Å². The topological polar surface area (TPSA) is 27.3 Å². The van der Waals surface area contributed by atoms with E-state index in [0.29, 0.717) is 6.04 Å². The SMILES string of the molecule is CC(C)n1c2ccc3c(c2c2c4oc5ccccc5c4ccc21)OC1C=CC=CC31. The molecule has 2 aromatic heterocycles. The average molecular weight is 391 g/mol. The highest BCUT2D eigenvalue weighted by Gasteiger charge is 2.35. The molecule has 146 valence electrons.